The molecule has 2 atom stereocenters. The Labute approximate surface area is 99.3 Å². The van der Waals surface area contributed by atoms with Crippen LogP contribution in [0.1, 0.15) is 27.2 Å². The Balaban J connectivity index is 2.13. The first kappa shape index (κ1) is 12.0. The number of carbonyl (C=O) groups is 3. The Hall–Kier alpha value is -1.43. The normalized spacial score (nSPS) is 31.5. The van der Waals surface area contributed by atoms with Gasteiger partial charge >= 0.3 is 17.8 Å². The average molecular weight is 240 g/mol. The van der Waals surface area contributed by atoms with Gasteiger partial charge in [0, 0.05) is 12.0 Å². The third-order valence-corrected chi connectivity index (χ3v) is 3.66. The Morgan fingerprint density at radius 1 is 1.41 bits per heavy atom. The van der Waals surface area contributed by atoms with Crippen molar-refractivity contribution in [1.29, 1.82) is 0 Å². The Bertz CT molecular complexity index is 391. The zero-order valence-corrected chi connectivity index (χ0v) is 10.1. The van der Waals surface area contributed by atoms with Gasteiger partial charge in [-0.1, -0.05) is 13.8 Å². The minimum absolute atomic E-state index is 0.0220. The second-order valence-corrected chi connectivity index (χ2v) is 4.95. The van der Waals surface area contributed by atoms with E-state index in [1.807, 2.05) is 26.1 Å². The molecule has 6 nitrogen and oxygen atoms in total. The van der Waals surface area contributed by atoms with Crippen molar-refractivity contribution in [3.05, 3.63) is 0 Å². The van der Waals surface area contributed by atoms with E-state index in [2.05, 4.69) is 0 Å². The van der Waals surface area contributed by atoms with Gasteiger partial charge in [-0.15, -0.1) is 0 Å². The molecular weight excluding hydrogens is 224 g/mol. The second kappa shape index (κ2) is 3.80. The third kappa shape index (κ3) is 1.63. The molecule has 2 unspecified atom stereocenters. The van der Waals surface area contributed by atoms with Crippen LogP contribution in [0.3, 0.4) is 0 Å². The van der Waals surface area contributed by atoms with E-state index in [4.69, 9.17) is 4.74 Å². The van der Waals surface area contributed by atoms with Crippen molar-refractivity contribution in [2.24, 2.45) is 5.41 Å². The second-order valence-electron chi connectivity index (χ2n) is 4.95. The van der Waals surface area contributed by atoms with Crippen molar-refractivity contribution < 1.29 is 19.1 Å². The molecule has 0 aromatic heterocycles. The number of hydrogen-bond donors (Lipinski definition) is 1. The number of hydrogen-bond acceptors (Lipinski definition) is 4. The molecule has 2 aliphatic rings. The largest absolute Gasteiger partial charge is 0.378 e. The summed E-state index contributed by atoms with van der Waals surface area (Å²) in [5.74, 6) is -1.60. The minimum atomic E-state index is -0.842. The lowest BCUT2D eigenvalue weighted by Gasteiger charge is -2.53. The van der Waals surface area contributed by atoms with E-state index in [0.29, 0.717) is 13.0 Å². The lowest BCUT2D eigenvalue weighted by atomic mass is 9.63. The predicted octanol–water partition coefficient (Wildman–Crippen LogP) is 0.268. The first-order valence-corrected chi connectivity index (χ1v) is 5.69. The summed E-state index contributed by atoms with van der Waals surface area (Å²) in [4.78, 5) is 35.2. The zero-order chi connectivity index (χ0) is 12.8. The molecule has 2 fully saturated rings. The molecular formula is C11H16N2O4. The lowest BCUT2D eigenvalue weighted by molar-refractivity contribution is -0.158. The Morgan fingerprint density at radius 3 is 2.47 bits per heavy atom. The Morgan fingerprint density at radius 2 is 2.06 bits per heavy atom. The summed E-state index contributed by atoms with van der Waals surface area (Å²) in [5, 5.41) is 2.01. The van der Waals surface area contributed by atoms with Gasteiger partial charge in [0.25, 0.3) is 0 Å². The summed E-state index contributed by atoms with van der Waals surface area (Å²) in [6, 6.07) is -0.883. The Kier molecular flexibility index (Phi) is 2.69. The molecule has 0 radical (unpaired) electrons. The van der Waals surface area contributed by atoms with Crippen molar-refractivity contribution in [3.63, 3.8) is 0 Å². The first-order chi connectivity index (χ1) is 7.89. The van der Waals surface area contributed by atoms with E-state index in [-0.39, 0.29) is 17.6 Å². The fraction of sp³-hybridized carbons (Fsp3) is 0.727. The molecule has 6 heteroatoms. The summed E-state index contributed by atoms with van der Waals surface area (Å²) in [6.07, 6.45) is 0.613. The fourth-order valence-corrected chi connectivity index (χ4v) is 2.48. The number of nitrogens with one attached hydrogen (secondary N) is 1. The van der Waals surface area contributed by atoms with Gasteiger partial charge in [-0.25, -0.2) is 4.79 Å². The molecule has 0 aromatic carbocycles. The lowest BCUT2D eigenvalue weighted by Crippen LogP contribution is -2.63. The number of carbonyl (C=O) groups excluding carboxylic acids is 3. The SMILES string of the molecule is CCOC1CC(N2C(=O)NC(=O)C2=O)C1(C)C. The molecule has 1 heterocycles. The van der Waals surface area contributed by atoms with E-state index < -0.39 is 17.8 Å². The number of rotatable bonds is 3. The summed E-state index contributed by atoms with van der Waals surface area (Å²) >= 11 is 0. The quantitative estimate of drug-likeness (QED) is 0.567. The van der Waals surface area contributed by atoms with Gasteiger partial charge in [0.2, 0.25) is 0 Å². The van der Waals surface area contributed by atoms with Crippen molar-refractivity contribution in [3.8, 4) is 0 Å². The highest BCUT2D eigenvalue weighted by Crippen LogP contribution is 2.46. The number of ether oxygens (including phenoxy) is 1. The van der Waals surface area contributed by atoms with Crippen molar-refractivity contribution >= 4 is 17.8 Å². The van der Waals surface area contributed by atoms with E-state index in [1.54, 1.807) is 0 Å². The fourth-order valence-electron chi connectivity index (χ4n) is 2.48. The van der Waals surface area contributed by atoms with Crippen LogP contribution in [0.5, 0.6) is 0 Å². The maximum atomic E-state index is 11.6. The molecule has 0 spiro atoms. The number of amides is 4. The van der Waals surface area contributed by atoms with Crippen LogP contribution in [0.4, 0.5) is 4.79 Å². The molecule has 1 aliphatic carbocycles. The van der Waals surface area contributed by atoms with Crippen molar-refractivity contribution in [2.45, 2.75) is 39.3 Å². The van der Waals surface area contributed by atoms with Crippen LogP contribution < -0.4 is 5.32 Å². The smallest absolute Gasteiger partial charge is 0.331 e. The number of imide groups is 2. The summed E-state index contributed by atoms with van der Waals surface area (Å²) in [7, 11) is 0. The van der Waals surface area contributed by atoms with Crippen molar-refractivity contribution in [2.75, 3.05) is 6.61 Å². The summed E-state index contributed by atoms with van der Waals surface area (Å²) < 4.78 is 5.53. The number of urea groups is 1. The molecule has 17 heavy (non-hydrogen) atoms. The van der Waals surface area contributed by atoms with E-state index in [9.17, 15) is 14.4 Å². The van der Waals surface area contributed by atoms with Crippen LogP contribution in [0, 0.1) is 5.41 Å². The summed E-state index contributed by atoms with van der Waals surface area (Å²) in [5.41, 5.74) is -0.312. The highest BCUT2D eigenvalue weighted by Gasteiger charge is 2.57. The molecule has 4 amide bonds. The average Bonchev–Trinajstić information content (AvgIpc) is 2.49. The van der Waals surface area contributed by atoms with Crippen LogP contribution in [-0.2, 0) is 14.3 Å². The van der Waals surface area contributed by atoms with Crippen LogP contribution in [-0.4, -0.2) is 41.5 Å². The highest BCUT2D eigenvalue weighted by molar-refractivity contribution is 6.45. The maximum absolute atomic E-state index is 11.6. The first-order valence-electron chi connectivity index (χ1n) is 5.69. The van der Waals surface area contributed by atoms with Gasteiger partial charge in [0.15, 0.2) is 0 Å². The van der Waals surface area contributed by atoms with Crippen molar-refractivity contribution in [1.82, 2.24) is 10.2 Å². The maximum Gasteiger partial charge on any atom is 0.331 e. The highest BCUT2D eigenvalue weighted by atomic mass is 16.5. The van der Waals surface area contributed by atoms with Gasteiger partial charge in [-0.05, 0) is 13.3 Å². The van der Waals surface area contributed by atoms with Crippen LogP contribution in [0.2, 0.25) is 0 Å². The standard InChI is InChI=1S/C11H16N2O4/c1-4-17-7-5-6(11(7,2)3)13-9(15)8(14)12-10(13)16/h6-7H,4-5H2,1-3H3,(H,12,14,16). The van der Waals surface area contributed by atoms with E-state index >= 15 is 0 Å². The molecule has 1 saturated heterocycles. The minimum Gasteiger partial charge on any atom is -0.378 e. The van der Waals surface area contributed by atoms with Gasteiger partial charge in [-0.2, -0.15) is 0 Å². The third-order valence-electron chi connectivity index (χ3n) is 3.66. The molecule has 0 bridgehead atoms. The van der Waals surface area contributed by atoms with Gasteiger partial charge in [0.05, 0.1) is 12.1 Å². The van der Waals surface area contributed by atoms with Gasteiger partial charge < -0.3 is 4.74 Å². The van der Waals surface area contributed by atoms with Crippen LogP contribution in [0.25, 0.3) is 0 Å². The summed E-state index contributed by atoms with van der Waals surface area (Å²) in [6.45, 7) is 6.37. The van der Waals surface area contributed by atoms with Crippen LogP contribution >= 0.6 is 0 Å². The molecule has 1 saturated carbocycles. The van der Waals surface area contributed by atoms with E-state index in [1.165, 1.54) is 0 Å². The number of nitrogens with zero attached hydrogens (tertiary/aromatic N) is 1. The topological polar surface area (TPSA) is 75.7 Å². The van der Waals surface area contributed by atoms with Gasteiger partial charge in [-0.3, -0.25) is 19.8 Å². The van der Waals surface area contributed by atoms with Gasteiger partial charge in [0.1, 0.15) is 0 Å². The zero-order valence-electron chi connectivity index (χ0n) is 10.1. The molecule has 94 valence electrons. The molecule has 0 aromatic rings. The molecule has 2 rings (SSSR count). The molecule has 1 aliphatic heterocycles. The monoisotopic (exact) mass is 240 g/mol. The van der Waals surface area contributed by atoms with E-state index in [0.717, 1.165) is 4.90 Å². The van der Waals surface area contributed by atoms with Crippen LogP contribution in [0.15, 0.2) is 0 Å². The molecule has 1 N–H and O–H groups in total. The predicted molar refractivity (Wildman–Crippen MR) is 58.0 cm³/mol.